The Kier molecular flexibility index (Phi) is 6.48. The van der Waals surface area contributed by atoms with Crippen LogP contribution in [-0.2, 0) is 6.54 Å². The van der Waals surface area contributed by atoms with Crippen LogP contribution in [0.1, 0.15) is 35.2 Å². The van der Waals surface area contributed by atoms with Crippen LogP contribution in [0.25, 0.3) is 5.69 Å². The van der Waals surface area contributed by atoms with Gasteiger partial charge in [0.2, 0.25) is 5.95 Å². The molecule has 0 atom stereocenters. The number of hydrogen-bond donors (Lipinski definition) is 1. The average Bonchev–Trinajstić information content (AvgIpc) is 2.78. The van der Waals surface area contributed by atoms with Crippen molar-refractivity contribution in [3.8, 4) is 5.69 Å². The first-order valence-corrected chi connectivity index (χ1v) is 11.3. The maximum absolute atomic E-state index is 13.5. The van der Waals surface area contributed by atoms with Gasteiger partial charge in [-0.3, -0.25) is 0 Å². The lowest BCUT2D eigenvalue weighted by Gasteiger charge is -2.29. The second-order valence-corrected chi connectivity index (χ2v) is 8.86. The third kappa shape index (κ3) is 4.49. The number of anilines is 1. The van der Waals surface area contributed by atoms with E-state index in [1.54, 1.807) is 0 Å². The molecule has 0 bridgehead atoms. The summed E-state index contributed by atoms with van der Waals surface area (Å²) in [5, 5.41) is 9.28. The molecule has 0 aliphatic carbocycles. The van der Waals surface area contributed by atoms with E-state index < -0.39 is 17.3 Å². The number of rotatable bonds is 5. The van der Waals surface area contributed by atoms with Crippen LogP contribution < -0.4 is 16.3 Å². The molecule has 1 aliphatic rings. The first-order valence-electron chi connectivity index (χ1n) is 10.1. The largest absolute Gasteiger partial charge is 0.478 e. The highest BCUT2D eigenvalue weighted by atomic mass is 79.9. The molecule has 1 fully saturated rings. The summed E-state index contributed by atoms with van der Waals surface area (Å²) in [6.07, 6.45) is 2.92. The van der Waals surface area contributed by atoms with Crippen molar-refractivity contribution in [1.82, 2.24) is 14.1 Å². The fraction of sp³-hybridized carbons (Fsp3) is 0.273. The van der Waals surface area contributed by atoms with Crippen LogP contribution in [0.5, 0.6) is 0 Å². The normalized spacial score (nSPS) is 13.9. The molecule has 0 radical (unpaired) electrons. The molecular formula is C22H20BrClN4O4. The van der Waals surface area contributed by atoms with Crippen LogP contribution in [0.3, 0.4) is 0 Å². The van der Waals surface area contributed by atoms with Crippen molar-refractivity contribution in [1.29, 1.82) is 0 Å². The Bertz CT molecular complexity index is 1280. The third-order valence-corrected chi connectivity index (χ3v) is 6.22. The van der Waals surface area contributed by atoms with Crippen molar-refractivity contribution >= 4 is 39.4 Å². The predicted octanol–water partition coefficient (Wildman–Crippen LogP) is 3.55. The number of carboxylic acid groups (broad SMARTS) is 1. The van der Waals surface area contributed by atoms with Crippen LogP contribution in [0.2, 0.25) is 5.02 Å². The highest BCUT2D eigenvalue weighted by molar-refractivity contribution is 9.10. The van der Waals surface area contributed by atoms with Crippen LogP contribution in [0.15, 0.2) is 56.5 Å². The van der Waals surface area contributed by atoms with Gasteiger partial charge in [-0.1, -0.05) is 39.7 Å². The molecule has 1 aromatic heterocycles. The quantitative estimate of drug-likeness (QED) is 0.554. The molecule has 1 saturated heterocycles. The summed E-state index contributed by atoms with van der Waals surface area (Å²) in [5.74, 6) is -0.922. The van der Waals surface area contributed by atoms with Gasteiger partial charge >= 0.3 is 17.3 Å². The highest BCUT2D eigenvalue weighted by Crippen LogP contribution is 2.23. The molecule has 4 rings (SSSR count). The van der Waals surface area contributed by atoms with Crippen LogP contribution in [0.4, 0.5) is 5.95 Å². The van der Waals surface area contributed by atoms with Crippen LogP contribution >= 0.6 is 27.5 Å². The van der Waals surface area contributed by atoms with E-state index in [0.717, 1.165) is 33.9 Å². The van der Waals surface area contributed by atoms with E-state index in [9.17, 15) is 19.5 Å². The summed E-state index contributed by atoms with van der Waals surface area (Å²) in [4.78, 5) is 43.9. The summed E-state index contributed by atoms with van der Waals surface area (Å²) >= 11 is 9.55. The zero-order valence-electron chi connectivity index (χ0n) is 17.0. The fourth-order valence-electron chi connectivity index (χ4n) is 3.74. The summed E-state index contributed by atoms with van der Waals surface area (Å²) in [5.41, 5.74) is -0.150. The lowest BCUT2D eigenvalue weighted by Crippen LogP contribution is -2.45. The van der Waals surface area contributed by atoms with Gasteiger partial charge in [0.25, 0.3) is 0 Å². The van der Waals surface area contributed by atoms with Gasteiger partial charge in [0, 0.05) is 17.6 Å². The van der Waals surface area contributed by atoms with Gasteiger partial charge in [-0.05, 0) is 55.2 Å². The number of piperidine rings is 1. The summed E-state index contributed by atoms with van der Waals surface area (Å²) in [7, 11) is 0. The lowest BCUT2D eigenvalue weighted by molar-refractivity contribution is 0.0697. The Hall–Kier alpha value is -2.91. The first kappa shape index (κ1) is 22.3. The van der Waals surface area contributed by atoms with E-state index in [4.69, 9.17) is 11.6 Å². The molecule has 0 saturated carbocycles. The van der Waals surface area contributed by atoms with E-state index in [0.29, 0.717) is 18.8 Å². The molecule has 32 heavy (non-hydrogen) atoms. The van der Waals surface area contributed by atoms with Crippen LogP contribution in [0, 0.1) is 0 Å². The molecule has 0 unspecified atom stereocenters. The zero-order valence-corrected chi connectivity index (χ0v) is 19.3. The first-order chi connectivity index (χ1) is 15.3. The van der Waals surface area contributed by atoms with E-state index in [1.807, 2.05) is 29.2 Å². The molecule has 10 heteroatoms. The second kappa shape index (κ2) is 9.30. The van der Waals surface area contributed by atoms with Crippen molar-refractivity contribution in [2.75, 3.05) is 18.0 Å². The third-order valence-electron chi connectivity index (χ3n) is 5.38. The van der Waals surface area contributed by atoms with Crippen molar-refractivity contribution in [2.24, 2.45) is 0 Å². The number of nitrogens with zero attached hydrogens (tertiary/aromatic N) is 4. The molecule has 2 heterocycles. The Morgan fingerprint density at radius 3 is 2.38 bits per heavy atom. The lowest BCUT2D eigenvalue weighted by atomic mass is 10.1. The maximum Gasteiger partial charge on any atom is 0.355 e. The number of aromatic nitrogens is 3. The molecular weight excluding hydrogens is 500 g/mol. The molecule has 166 valence electrons. The standard InChI is InChI=1S/C22H20BrClN4O4/c23-15-6-4-14(5-7-15)13-27-21(31)25-20(26-10-2-1-3-11-26)28(22(27)32)16-8-9-17(19(29)30)18(24)12-16/h4-9,12H,1-3,10-11,13H2,(H,29,30). The van der Waals surface area contributed by atoms with Crippen molar-refractivity contribution in [2.45, 2.75) is 25.8 Å². The molecule has 1 N–H and O–H groups in total. The summed E-state index contributed by atoms with van der Waals surface area (Å²) < 4.78 is 3.29. The molecule has 1 aliphatic heterocycles. The van der Waals surface area contributed by atoms with Gasteiger partial charge in [0.15, 0.2) is 0 Å². The maximum atomic E-state index is 13.5. The number of carbonyl (C=O) groups is 1. The number of halogens is 2. The molecule has 0 amide bonds. The Morgan fingerprint density at radius 2 is 1.75 bits per heavy atom. The molecule has 0 spiro atoms. The van der Waals surface area contributed by atoms with Crippen molar-refractivity contribution in [3.05, 3.63) is 84.1 Å². The van der Waals surface area contributed by atoms with Gasteiger partial charge in [-0.25, -0.2) is 23.5 Å². The smallest absolute Gasteiger partial charge is 0.355 e. The Labute approximate surface area is 196 Å². The van der Waals surface area contributed by atoms with Crippen molar-refractivity contribution in [3.63, 3.8) is 0 Å². The fourth-order valence-corrected chi connectivity index (χ4v) is 4.26. The Balaban J connectivity index is 1.89. The number of aromatic carboxylic acids is 1. The van der Waals surface area contributed by atoms with Gasteiger partial charge in [0.1, 0.15) is 0 Å². The monoisotopic (exact) mass is 518 g/mol. The number of carboxylic acids is 1. The van der Waals surface area contributed by atoms with E-state index in [2.05, 4.69) is 20.9 Å². The summed E-state index contributed by atoms with van der Waals surface area (Å²) in [6, 6.07) is 11.6. The summed E-state index contributed by atoms with van der Waals surface area (Å²) in [6.45, 7) is 1.40. The van der Waals surface area contributed by atoms with E-state index >= 15 is 0 Å². The van der Waals surface area contributed by atoms with Gasteiger partial charge in [-0.15, -0.1) is 0 Å². The molecule has 3 aromatic rings. The topological polar surface area (TPSA) is 97.4 Å². The average molecular weight is 520 g/mol. The predicted molar refractivity (Wildman–Crippen MR) is 125 cm³/mol. The number of hydrogen-bond acceptors (Lipinski definition) is 5. The minimum Gasteiger partial charge on any atom is -0.478 e. The van der Waals surface area contributed by atoms with Gasteiger partial charge < -0.3 is 10.0 Å². The second-order valence-electron chi connectivity index (χ2n) is 7.54. The van der Waals surface area contributed by atoms with Gasteiger partial charge in [-0.2, -0.15) is 4.98 Å². The highest BCUT2D eigenvalue weighted by Gasteiger charge is 2.22. The SMILES string of the molecule is O=C(O)c1ccc(-n2c(N3CCCCC3)nc(=O)n(Cc3ccc(Br)cc3)c2=O)cc1Cl. The minimum absolute atomic E-state index is 0.00264. The van der Waals surface area contributed by atoms with Gasteiger partial charge in [0.05, 0.1) is 22.8 Å². The van der Waals surface area contributed by atoms with Crippen molar-refractivity contribution < 1.29 is 9.90 Å². The van der Waals surface area contributed by atoms with E-state index in [1.165, 1.54) is 22.8 Å². The zero-order chi connectivity index (χ0) is 22.8. The molecule has 8 nitrogen and oxygen atoms in total. The van der Waals surface area contributed by atoms with Crippen LogP contribution in [-0.4, -0.2) is 38.3 Å². The minimum atomic E-state index is -1.16. The Morgan fingerprint density at radius 1 is 1.06 bits per heavy atom. The molecule has 2 aromatic carbocycles. The number of benzene rings is 2. The van der Waals surface area contributed by atoms with E-state index in [-0.39, 0.29) is 23.1 Å².